The predicted octanol–water partition coefficient (Wildman–Crippen LogP) is 5.04. The van der Waals surface area contributed by atoms with Crippen molar-refractivity contribution in [2.45, 2.75) is 32.6 Å². The molecule has 0 aliphatic heterocycles. The highest BCUT2D eigenvalue weighted by molar-refractivity contribution is 6.17. The number of hydrogen-bond acceptors (Lipinski definition) is 2. The Morgan fingerprint density at radius 3 is 2.32 bits per heavy atom. The Labute approximate surface area is 119 Å². The molecule has 2 nitrogen and oxygen atoms in total. The van der Waals surface area contributed by atoms with Gasteiger partial charge in [0.25, 0.3) is 0 Å². The van der Waals surface area contributed by atoms with Gasteiger partial charge in [-0.1, -0.05) is 32.0 Å². The van der Waals surface area contributed by atoms with Gasteiger partial charge < -0.3 is 4.74 Å². The fourth-order valence-corrected chi connectivity index (χ4v) is 2.09. The van der Waals surface area contributed by atoms with E-state index in [-0.39, 0.29) is 0 Å². The Hall–Kier alpha value is -1.54. The van der Waals surface area contributed by atoms with Crippen LogP contribution in [0.1, 0.15) is 36.6 Å². The molecule has 0 radical (unpaired) electrons. The third-order valence-corrected chi connectivity index (χ3v) is 3.37. The zero-order chi connectivity index (χ0) is 13.8. The van der Waals surface area contributed by atoms with Crippen molar-refractivity contribution in [1.82, 2.24) is 4.98 Å². The van der Waals surface area contributed by atoms with Crippen molar-refractivity contribution in [2.75, 3.05) is 0 Å². The summed E-state index contributed by atoms with van der Waals surface area (Å²) in [4.78, 5) is 4.39. The van der Waals surface area contributed by atoms with E-state index in [4.69, 9.17) is 16.3 Å². The lowest BCUT2D eigenvalue weighted by atomic mass is 10.0. The highest BCUT2D eigenvalue weighted by Gasteiger charge is 2.04. The molecule has 0 bridgehead atoms. The minimum atomic E-state index is 0.474. The molecule has 0 N–H and O–H groups in total. The molecule has 0 atom stereocenters. The van der Waals surface area contributed by atoms with Crippen molar-refractivity contribution in [2.24, 2.45) is 0 Å². The largest absolute Gasteiger partial charge is 0.439 e. The molecule has 0 spiro atoms. The molecule has 0 amide bonds. The number of halogens is 1. The molecule has 2 aromatic rings. The van der Waals surface area contributed by atoms with Crippen molar-refractivity contribution in [3.05, 3.63) is 53.2 Å². The van der Waals surface area contributed by atoms with E-state index in [0.717, 1.165) is 17.0 Å². The Morgan fingerprint density at radius 2 is 1.79 bits per heavy atom. The molecule has 0 fully saturated rings. The van der Waals surface area contributed by atoms with Gasteiger partial charge in [0.2, 0.25) is 5.88 Å². The Kier molecular flexibility index (Phi) is 4.43. The van der Waals surface area contributed by atoms with E-state index in [9.17, 15) is 0 Å². The maximum Gasteiger partial charge on any atom is 0.219 e. The van der Waals surface area contributed by atoms with Crippen molar-refractivity contribution >= 4 is 11.6 Å². The van der Waals surface area contributed by atoms with Gasteiger partial charge in [0.1, 0.15) is 5.75 Å². The monoisotopic (exact) mass is 275 g/mol. The van der Waals surface area contributed by atoms with Crippen LogP contribution in [0.5, 0.6) is 11.6 Å². The van der Waals surface area contributed by atoms with E-state index < -0.39 is 0 Å². The van der Waals surface area contributed by atoms with Crippen molar-refractivity contribution in [3.63, 3.8) is 0 Å². The third kappa shape index (κ3) is 3.48. The number of hydrogen-bond donors (Lipinski definition) is 0. The molecule has 0 unspecified atom stereocenters. The SMILES string of the molecule is Cc1nc(Oc2ccc(C(C)C)cc2)ccc1CCl. The maximum atomic E-state index is 5.81. The van der Waals surface area contributed by atoms with Crippen LogP contribution in [0, 0.1) is 6.92 Å². The van der Waals surface area contributed by atoms with E-state index in [2.05, 4.69) is 31.0 Å². The fourth-order valence-electron chi connectivity index (χ4n) is 1.81. The van der Waals surface area contributed by atoms with Crippen LogP contribution in [0.4, 0.5) is 0 Å². The number of ether oxygens (including phenoxy) is 1. The van der Waals surface area contributed by atoms with Crippen LogP contribution in [-0.4, -0.2) is 4.98 Å². The van der Waals surface area contributed by atoms with E-state index in [1.165, 1.54) is 5.56 Å². The Morgan fingerprint density at radius 1 is 1.11 bits per heavy atom. The highest BCUT2D eigenvalue weighted by atomic mass is 35.5. The average molecular weight is 276 g/mol. The van der Waals surface area contributed by atoms with E-state index in [1.807, 2.05) is 31.2 Å². The lowest BCUT2D eigenvalue weighted by Crippen LogP contribution is -1.94. The first kappa shape index (κ1) is 13.9. The molecular formula is C16H18ClNO. The van der Waals surface area contributed by atoms with Gasteiger partial charge in [0.15, 0.2) is 0 Å². The molecule has 3 heteroatoms. The zero-order valence-corrected chi connectivity index (χ0v) is 12.2. The number of pyridine rings is 1. The molecular weight excluding hydrogens is 258 g/mol. The smallest absolute Gasteiger partial charge is 0.219 e. The highest BCUT2D eigenvalue weighted by Crippen LogP contribution is 2.23. The molecule has 19 heavy (non-hydrogen) atoms. The second-order valence-electron chi connectivity index (χ2n) is 4.85. The summed E-state index contributed by atoms with van der Waals surface area (Å²) < 4.78 is 5.74. The normalized spacial score (nSPS) is 10.8. The third-order valence-electron chi connectivity index (χ3n) is 3.08. The summed E-state index contributed by atoms with van der Waals surface area (Å²) in [6, 6.07) is 11.9. The summed E-state index contributed by atoms with van der Waals surface area (Å²) in [5.74, 6) is 2.40. The van der Waals surface area contributed by atoms with Gasteiger partial charge in [-0.25, -0.2) is 4.98 Å². The van der Waals surface area contributed by atoms with Gasteiger partial charge in [-0.2, -0.15) is 0 Å². The summed E-state index contributed by atoms with van der Waals surface area (Å²) in [5.41, 5.74) is 3.24. The van der Waals surface area contributed by atoms with Gasteiger partial charge in [0, 0.05) is 17.6 Å². The van der Waals surface area contributed by atoms with Crippen LogP contribution in [0.3, 0.4) is 0 Å². The predicted molar refractivity (Wildman–Crippen MR) is 79.1 cm³/mol. The number of benzene rings is 1. The fraction of sp³-hybridized carbons (Fsp3) is 0.312. The minimum Gasteiger partial charge on any atom is -0.439 e. The lowest BCUT2D eigenvalue weighted by Gasteiger charge is -2.09. The number of nitrogens with zero attached hydrogens (tertiary/aromatic N) is 1. The van der Waals surface area contributed by atoms with Crippen molar-refractivity contribution in [1.29, 1.82) is 0 Å². The van der Waals surface area contributed by atoms with Gasteiger partial charge in [-0.3, -0.25) is 0 Å². The zero-order valence-electron chi connectivity index (χ0n) is 11.5. The lowest BCUT2D eigenvalue weighted by molar-refractivity contribution is 0.461. The van der Waals surface area contributed by atoms with E-state index in [0.29, 0.717) is 17.7 Å². The quantitative estimate of drug-likeness (QED) is 0.729. The van der Waals surface area contributed by atoms with Crippen LogP contribution in [0.2, 0.25) is 0 Å². The van der Waals surface area contributed by atoms with Crippen molar-refractivity contribution in [3.8, 4) is 11.6 Å². The molecule has 1 aromatic heterocycles. The summed E-state index contributed by atoms with van der Waals surface area (Å²) in [6.07, 6.45) is 0. The minimum absolute atomic E-state index is 0.474. The summed E-state index contributed by atoms with van der Waals surface area (Å²) in [5, 5.41) is 0. The van der Waals surface area contributed by atoms with Crippen LogP contribution in [0.15, 0.2) is 36.4 Å². The van der Waals surface area contributed by atoms with Gasteiger partial charge in [-0.15, -0.1) is 11.6 Å². The van der Waals surface area contributed by atoms with Gasteiger partial charge >= 0.3 is 0 Å². The first-order chi connectivity index (χ1) is 9.10. The number of aromatic nitrogens is 1. The molecule has 0 aliphatic rings. The molecule has 0 saturated heterocycles. The molecule has 2 rings (SSSR count). The van der Waals surface area contributed by atoms with Gasteiger partial charge in [0.05, 0.1) is 0 Å². The first-order valence-corrected chi connectivity index (χ1v) is 6.94. The topological polar surface area (TPSA) is 22.1 Å². The summed E-state index contributed by atoms with van der Waals surface area (Å²) in [6.45, 7) is 6.28. The Balaban J connectivity index is 2.14. The molecule has 100 valence electrons. The number of alkyl halides is 1. The standard InChI is InChI=1S/C16H18ClNO/c1-11(2)13-4-7-15(8-5-13)19-16-9-6-14(10-17)12(3)18-16/h4-9,11H,10H2,1-3H3. The van der Waals surface area contributed by atoms with Gasteiger partial charge in [-0.05, 0) is 36.1 Å². The molecule has 0 saturated carbocycles. The number of rotatable bonds is 4. The molecule has 1 aromatic carbocycles. The second-order valence-corrected chi connectivity index (χ2v) is 5.12. The van der Waals surface area contributed by atoms with Crippen molar-refractivity contribution < 1.29 is 4.74 Å². The van der Waals surface area contributed by atoms with Crippen LogP contribution in [0.25, 0.3) is 0 Å². The summed E-state index contributed by atoms with van der Waals surface area (Å²) in [7, 11) is 0. The molecule has 1 heterocycles. The second kappa shape index (κ2) is 6.07. The van der Waals surface area contributed by atoms with Crippen LogP contribution in [-0.2, 0) is 5.88 Å². The molecule has 0 aliphatic carbocycles. The Bertz CT molecular complexity index is 549. The first-order valence-electron chi connectivity index (χ1n) is 6.40. The van der Waals surface area contributed by atoms with Crippen LogP contribution >= 0.6 is 11.6 Å². The van der Waals surface area contributed by atoms with E-state index >= 15 is 0 Å². The maximum absolute atomic E-state index is 5.81. The van der Waals surface area contributed by atoms with E-state index in [1.54, 1.807) is 0 Å². The average Bonchev–Trinajstić information content (AvgIpc) is 2.39. The number of aryl methyl sites for hydroxylation is 1. The van der Waals surface area contributed by atoms with Crippen LogP contribution < -0.4 is 4.74 Å². The summed E-state index contributed by atoms with van der Waals surface area (Å²) >= 11 is 5.81.